The van der Waals surface area contributed by atoms with Gasteiger partial charge in [0.2, 0.25) is 5.91 Å². The smallest absolute Gasteiger partial charge is 0.241 e. The van der Waals surface area contributed by atoms with Crippen LogP contribution in [0.2, 0.25) is 5.02 Å². The molecular weight excluding hydrogens is 274 g/mol. The first-order valence-electron chi connectivity index (χ1n) is 7.13. The molecule has 0 radical (unpaired) electrons. The fraction of sp³-hybridized carbons (Fsp3) is 0.533. The van der Waals surface area contributed by atoms with Crippen LogP contribution in [0, 0.1) is 0 Å². The molecule has 0 bridgehead atoms. The minimum absolute atomic E-state index is 0.00282. The van der Waals surface area contributed by atoms with Crippen molar-refractivity contribution in [3.63, 3.8) is 0 Å². The number of anilines is 1. The standard InChI is InChI=1S/C15H22ClN3O/c1-3-18-8-10-19(11-9-18)12(2)15(20)17-14-7-5-4-6-13(14)16/h4-7,12H,3,8-11H2,1-2H3,(H,17,20). The van der Waals surface area contributed by atoms with E-state index < -0.39 is 0 Å². The summed E-state index contributed by atoms with van der Waals surface area (Å²) in [5, 5.41) is 3.48. The number of nitrogens with zero attached hydrogens (tertiary/aromatic N) is 2. The number of hydrogen-bond acceptors (Lipinski definition) is 3. The van der Waals surface area contributed by atoms with E-state index in [1.807, 2.05) is 25.1 Å². The topological polar surface area (TPSA) is 35.6 Å². The first kappa shape index (κ1) is 15.3. The van der Waals surface area contributed by atoms with Gasteiger partial charge in [-0.25, -0.2) is 0 Å². The minimum atomic E-state index is -0.134. The van der Waals surface area contributed by atoms with Crippen LogP contribution in [0.25, 0.3) is 0 Å². The highest BCUT2D eigenvalue weighted by atomic mass is 35.5. The molecule has 1 atom stereocenters. The predicted octanol–water partition coefficient (Wildman–Crippen LogP) is 2.30. The van der Waals surface area contributed by atoms with E-state index in [0.717, 1.165) is 32.7 Å². The third-order valence-electron chi connectivity index (χ3n) is 3.91. The van der Waals surface area contributed by atoms with E-state index in [4.69, 9.17) is 11.6 Å². The highest BCUT2D eigenvalue weighted by Crippen LogP contribution is 2.21. The maximum absolute atomic E-state index is 12.3. The van der Waals surface area contributed by atoms with Crippen molar-refractivity contribution in [3.8, 4) is 0 Å². The van der Waals surface area contributed by atoms with Gasteiger partial charge in [-0.15, -0.1) is 0 Å². The van der Waals surface area contributed by atoms with Crippen LogP contribution in [0.3, 0.4) is 0 Å². The molecule has 110 valence electrons. The summed E-state index contributed by atoms with van der Waals surface area (Å²) in [6, 6.07) is 7.19. The van der Waals surface area contributed by atoms with Crippen LogP contribution in [0.4, 0.5) is 5.69 Å². The Hall–Kier alpha value is -1.10. The maximum Gasteiger partial charge on any atom is 0.241 e. The Morgan fingerprint density at radius 2 is 1.95 bits per heavy atom. The zero-order valence-corrected chi connectivity index (χ0v) is 12.9. The molecule has 1 unspecified atom stereocenters. The Bertz CT molecular complexity index is 458. The van der Waals surface area contributed by atoms with Crippen molar-refractivity contribution in [1.29, 1.82) is 0 Å². The molecule has 1 saturated heterocycles. The number of likely N-dealkylation sites (N-methyl/N-ethyl adjacent to an activating group) is 1. The Morgan fingerprint density at radius 1 is 1.30 bits per heavy atom. The first-order valence-corrected chi connectivity index (χ1v) is 7.51. The molecule has 1 fully saturated rings. The summed E-state index contributed by atoms with van der Waals surface area (Å²) >= 11 is 6.06. The van der Waals surface area contributed by atoms with Gasteiger partial charge in [-0.05, 0) is 25.6 Å². The van der Waals surface area contributed by atoms with E-state index in [-0.39, 0.29) is 11.9 Å². The van der Waals surface area contributed by atoms with Crippen molar-refractivity contribution in [2.24, 2.45) is 0 Å². The monoisotopic (exact) mass is 295 g/mol. The number of halogens is 1. The summed E-state index contributed by atoms with van der Waals surface area (Å²) in [4.78, 5) is 16.9. The van der Waals surface area contributed by atoms with Crippen molar-refractivity contribution >= 4 is 23.2 Å². The fourth-order valence-corrected chi connectivity index (χ4v) is 2.62. The van der Waals surface area contributed by atoms with E-state index in [1.54, 1.807) is 6.07 Å². The molecule has 0 aliphatic carbocycles. The molecule has 1 N–H and O–H groups in total. The van der Waals surface area contributed by atoms with Crippen LogP contribution in [0.15, 0.2) is 24.3 Å². The highest BCUT2D eigenvalue weighted by Gasteiger charge is 2.25. The number of carbonyl (C=O) groups is 1. The average Bonchev–Trinajstić information content (AvgIpc) is 2.49. The van der Waals surface area contributed by atoms with Gasteiger partial charge in [0.15, 0.2) is 0 Å². The maximum atomic E-state index is 12.3. The lowest BCUT2D eigenvalue weighted by atomic mass is 10.2. The summed E-state index contributed by atoms with van der Waals surface area (Å²) < 4.78 is 0. The zero-order valence-electron chi connectivity index (χ0n) is 12.1. The molecule has 5 heteroatoms. The Balaban J connectivity index is 1.91. The van der Waals surface area contributed by atoms with Gasteiger partial charge in [0, 0.05) is 26.2 Å². The van der Waals surface area contributed by atoms with Crippen LogP contribution in [-0.2, 0) is 4.79 Å². The molecule has 1 aromatic rings. The fourth-order valence-electron chi connectivity index (χ4n) is 2.43. The van der Waals surface area contributed by atoms with Crippen LogP contribution in [0.1, 0.15) is 13.8 Å². The Labute approximate surface area is 125 Å². The van der Waals surface area contributed by atoms with E-state index in [1.165, 1.54) is 0 Å². The number of nitrogens with one attached hydrogen (secondary N) is 1. The normalized spacial score (nSPS) is 18.8. The molecule has 1 heterocycles. The third-order valence-corrected chi connectivity index (χ3v) is 4.24. The summed E-state index contributed by atoms with van der Waals surface area (Å²) in [5.41, 5.74) is 0.679. The van der Waals surface area contributed by atoms with Gasteiger partial charge in [-0.3, -0.25) is 9.69 Å². The molecule has 4 nitrogen and oxygen atoms in total. The number of hydrogen-bond donors (Lipinski definition) is 1. The third kappa shape index (κ3) is 3.72. The molecule has 0 aromatic heterocycles. The van der Waals surface area contributed by atoms with Gasteiger partial charge in [-0.1, -0.05) is 30.7 Å². The van der Waals surface area contributed by atoms with Gasteiger partial charge in [-0.2, -0.15) is 0 Å². The lowest BCUT2D eigenvalue weighted by Gasteiger charge is -2.36. The minimum Gasteiger partial charge on any atom is -0.323 e. The number of rotatable bonds is 4. The number of piperazine rings is 1. The lowest BCUT2D eigenvalue weighted by Crippen LogP contribution is -2.52. The van der Waals surface area contributed by atoms with Crippen molar-refractivity contribution in [2.45, 2.75) is 19.9 Å². The first-order chi connectivity index (χ1) is 9.61. The quantitative estimate of drug-likeness (QED) is 0.926. The van der Waals surface area contributed by atoms with Crippen molar-refractivity contribution in [1.82, 2.24) is 9.80 Å². The van der Waals surface area contributed by atoms with Gasteiger partial charge >= 0.3 is 0 Å². The predicted molar refractivity (Wildman–Crippen MR) is 83.2 cm³/mol. The molecular formula is C15H22ClN3O. The number of amides is 1. The summed E-state index contributed by atoms with van der Waals surface area (Å²) in [6.45, 7) is 9.13. The Kier molecular flexibility index (Phi) is 5.40. The van der Waals surface area contributed by atoms with Crippen molar-refractivity contribution < 1.29 is 4.79 Å². The molecule has 1 aliphatic rings. The molecule has 20 heavy (non-hydrogen) atoms. The van der Waals surface area contributed by atoms with Crippen molar-refractivity contribution in [3.05, 3.63) is 29.3 Å². The molecule has 0 spiro atoms. The second kappa shape index (κ2) is 7.07. The number of carbonyl (C=O) groups excluding carboxylic acids is 1. The lowest BCUT2D eigenvalue weighted by molar-refractivity contribution is -0.121. The molecule has 1 aromatic carbocycles. The second-order valence-electron chi connectivity index (χ2n) is 5.12. The Morgan fingerprint density at radius 3 is 2.55 bits per heavy atom. The number of benzene rings is 1. The van der Waals surface area contributed by atoms with E-state index in [0.29, 0.717) is 10.7 Å². The van der Waals surface area contributed by atoms with E-state index in [9.17, 15) is 4.79 Å². The molecule has 1 amide bonds. The molecule has 2 rings (SSSR count). The molecule has 1 aliphatic heterocycles. The van der Waals surface area contributed by atoms with Crippen LogP contribution in [0.5, 0.6) is 0 Å². The zero-order chi connectivity index (χ0) is 14.5. The van der Waals surface area contributed by atoms with Crippen LogP contribution < -0.4 is 5.32 Å². The molecule has 0 saturated carbocycles. The van der Waals surface area contributed by atoms with Gasteiger partial charge in [0.05, 0.1) is 16.8 Å². The second-order valence-corrected chi connectivity index (χ2v) is 5.52. The van der Waals surface area contributed by atoms with Crippen molar-refractivity contribution in [2.75, 3.05) is 38.0 Å². The highest BCUT2D eigenvalue weighted by molar-refractivity contribution is 6.33. The van der Waals surface area contributed by atoms with E-state index >= 15 is 0 Å². The van der Waals surface area contributed by atoms with Crippen LogP contribution >= 0.6 is 11.6 Å². The van der Waals surface area contributed by atoms with Crippen LogP contribution in [-0.4, -0.2) is 54.5 Å². The SMILES string of the molecule is CCN1CCN(C(C)C(=O)Nc2ccccc2Cl)CC1. The largest absolute Gasteiger partial charge is 0.323 e. The van der Waals surface area contributed by atoms with E-state index in [2.05, 4.69) is 22.0 Å². The van der Waals surface area contributed by atoms with Gasteiger partial charge in [0.25, 0.3) is 0 Å². The average molecular weight is 296 g/mol. The van der Waals surface area contributed by atoms with Gasteiger partial charge < -0.3 is 10.2 Å². The van der Waals surface area contributed by atoms with Gasteiger partial charge in [0.1, 0.15) is 0 Å². The number of para-hydroxylation sites is 1. The summed E-state index contributed by atoms with van der Waals surface area (Å²) in [5.74, 6) is 0.00282. The summed E-state index contributed by atoms with van der Waals surface area (Å²) in [6.07, 6.45) is 0. The summed E-state index contributed by atoms with van der Waals surface area (Å²) in [7, 11) is 0.